The fourth-order valence-corrected chi connectivity index (χ4v) is 3.18. The summed E-state index contributed by atoms with van der Waals surface area (Å²) in [4.78, 5) is 72.2. The molecule has 0 aromatic heterocycles. The van der Waals surface area contributed by atoms with Crippen molar-refractivity contribution in [2.24, 2.45) is 11.7 Å². The van der Waals surface area contributed by atoms with Gasteiger partial charge in [-0.25, -0.2) is 0 Å². The molecule has 0 heterocycles. The van der Waals surface area contributed by atoms with E-state index < -0.39 is 78.9 Å². The van der Waals surface area contributed by atoms with Gasteiger partial charge in [-0.15, -0.1) is 0 Å². The van der Waals surface area contributed by atoms with Crippen LogP contribution < -0.4 is 32.3 Å². The van der Waals surface area contributed by atoms with Crippen LogP contribution in [0.1, 0.15) is 34.1 Å². The number of hydrogen-bond donors (Lipinski definition) is 8. The van der Waals surface area contributed by atoms with E-state index in [2.05, 4.69) is 26.6 Å². The smallest absolute Gasteiger partial charge is 0.322 e. The van der Waals surface area contributed by atoms with Crippen LogP contribution in [0, 0.1) is 5.92 Å². The first-order chi connectivity index (χ1) is 16.7. The van der Waals surface area contributed by atoms with Crippen molar-refractivity contribution in [2.45, 2.75) is 64.4 Å². The van der Waals surface area contributed by atoms with Crippen LogP contribution in [0.25, 0.3) is 0 Å². The van der Waals surface area contributed by atoms with Gasteiger partial charge in [-0.3, -0.25) is 28.8 Å². The zero-order valence-corrected chi connectivity index (χ0v) is 21.9. The number of carbonyl (C=O) groups excluding carboxylic acids is 5. The van der Waals surface area contributed by atoms with E-state index in [-0.39, 0.29) is 12.3 Å². The SMILES string of the molecule is CSCCC(NC(=O)C(N)C(C)O)C(=O)NC(C(=O)NC(C)C(=O)NCC(=O)NCC(=O)O)C(C)C. The molecule has 0 radical (unpaired) electrons. The average molecular weight is 535 g/mol. The molecule has 15 heteroatoms. The van der Waals surface area contributed by atoms with Crippen molar-refractivity contribution in [3.8, 4) is 0 Å². The van der Waals surface area contributed by atoms with E-state index in [4.69, 9.17) is 10.8 Å². The van der Waals surface area contributed by atoms with Gasteiger partial charge in [0.25, 0.3) is 0 Å². The van der Waals surface area contributed by atoms with Gasteiger partial charge in [0.05, 0.1) is 12.6 Å². The molecular weight excluding hydrogens is 496 g/mol. The van der Waals surface area contributed by atoms with Crippen molar-refractivity contribution >= 4 is 47.3 Å². The fourth-order valence-electron chi connectivity index (χ4n) is 2.71. The lowest BCUT2D eigenvalue weighted by Gasteiger charge is -2.27. The Morgan fingerprint density at radius 3 is 1.94 bits per heavy atom. The Morgan fingerprint density at radius 1 is 0.833 bits per heavy atom. The summed E-state index contributed by atoms with van der Waals surface area (Å²) in [5, 5.41) is 30.0. The Kier molecular flexibility index (Phi) is 15.4. The van der Waals surface area contributed by atoms with Crippen LogP contribution in [0.15, 0.2) is 0 Å². The van der Waals surface area contributed by atoms with Gasteiger partial charge in [0.2, 0.25) is 29.5 Å². The first-order valence-corrected chi connectivity index (χ1v) is 12.7. The van der Waals surface area contributed by atoms with E-state index in [9.17, 15) is 33.9 Å². The first kappa shape index (κ1) is 33.1. The topological polar surface area (TPSA) is 229 Å². The Hall–Kier alpha value is -2.91. The summed E-state index contributed by atoms with van der Waals surface area (Å²) in [5.41, 5.74) is 5.64. The van der Waals surface area contributed by atoms with E-state index in [1.807, 2.05) is 6.26 Å². The molecular formula is C21H38N6O8S. The summed E-state index contributed by atoms with van der Waals surface area (Å²) in [6, 6.07) is -4.36. The van der Waals surface area contributed by atoms with E-state index in [0.717, 1.165) is 0 Å². The van der Waals surface area contributed by atoms with Crippen molar-refractivity contribution in [2.75, 3.05) is 25.1 Å². The van der Waals surface area contributed by atoms with Gasteiger partial charge in [0.15, 0.2) is 0 Å². The number of carbonyl (C=O) groups is 6. The Bertz CT molecular complexity index is 794. The summed E-state index contributed by atoms with van der Waals surface area (Å²) in [7, 11) is 0. The molecule has 0 aliphatic heterocycles. The zero-order chi connectivity index (χ0) is 28.0. The summed E-state index contributed by atoms with van der Waals surface area (Å²) in [6.45, 7) is 5.00. The molecule has 0 aliphatic rings. The van der Waals surface area contributed by atoms with Crippen LogP contribution in [0.4, 0.5) is 0 Å². The molecule has 0 aliphatic carbocycles. The van der Waals surface area contributed by atoms with Crippen molar-refractivity contribution in [3.63, 3.8) is 0 Å². The predicted octanol–water partition coefficient (Wildman–Crippen LogP) is -3.11. The van der Waals surface area contributed by atoms with E-state index in [1.54, 1.807) is 13.8 Å². The highest BCUT2D eigenvalue weighted by Crippen LogP contribution is 2.07. The number of aliphatic carboxylic acids is 1. The number of thioether (sulfide) groups is 1. The fraction of sp³-hybridized carbons (Fsp3) is 0.714. The number of nitrogens with two attached hydrogens (primary N) is 1. The van der Waals surface area contributed by atoms with Crippen LogP contribution >= 0.6 is 11.8 Å². The van der Waals surface area contributed by atoms with Crippen molar-refractivity contribution < 1.29 is 39.0 Å². The summed E-state index contributed by atoms with van der Waals surface area (Å²) in [6.07, 6.45) is 0.949. The lowest BCUT2D eigenvalue weighted by molar-refractivity contribution is -0.138. The van der Waals surface area contributed by atoms with E-state index in [0.29, 0.717) is 5.75 Å². The summed E-state index contributed by atoms with van der Waals surface area (Å²) < 4.78 is 0. The minimum absolute atomic E-state index is 0.250. The number of hydrogen-bond acceptors (Lipinski definition) is 9. The highest BCUT2D eigenvalue weighted by atomic mass is 32.2. The predicted molar refractivity (Wildman–Crippen MR) is 133 cm³/mol. The first-order valence-electron chi connectivity index (χ1n) is 11.3. The normalized spacial score (nSPS) is 15.0. The molecule has 0 fully saturated rings. The maximum atomic E-state index is 12.9. The van der Waals surface area contributed by atoms with Gasteiger partial charge < -0.3 is 42.5 Å². The van der Waals surface area contributed by atoms with Gasteiger partial charge in [0.1, 0.15) is 30.7 Å². The number of aliphatic hydroxyl groups excluding tert-OH is 1. The molecule has 0 rings (SSSR count). The standard InChI is InChI=1S/C21H38N6O8S/c1-10(2)17(21(35)25-11(3)18(32)24-8-14(29)23-9-15(30)31)27-19(33)13(6-7-36-5)26-20(34)16(22)12(4)28/h10-13,16-17,28H,6-9,22H2,1-5H3,(H,23,29)(H,24,32)(H,25,35)(H,26,34)(H,27,33)(H,30,31). The molecule has 0 saturated carbocycles. The zero-order valence-electron chi connectivity index (χ0n) is 21.1. The number of carboxylic acids is 1. The monoisotopic (exact) mass is 534 g/mol. The van der Waals surface area contributed by atoms with Gasteiger partial charge in [-0.2, -0.15) is 11.8 Å². The number of amides is 5. The third-order valence-corrected chi connectivity index (χ3v) is 5.57. The molecule has 9 N–H and O–H groups in total. The molecule has 14 nitrogen and oxygen atoms in total. The Balaban J connectivity index is 5.14. The highest BCUT2D eigenvalue weighted by molar-refractivity contribution is 7.98. The van der Waals surface area contributed by atoms with Crippen LogP contribution in [0.5, 0.6) is 0 Å². The van der Waals surface area contributed by atoms with Gasteiger partial charge in [-0.05, 0) is 38.2 Å². The molecule has 0 bridgehead atoms. The minimum Gasteiger partial charge on any atom is -0.480 e. The van der Waals surface area contributed by atoms with Crippen molar-refractivity contribution in [1.82, 2.24) is 26.6 Å². The van der Waals surface area contributed by atoms with Crippen LogP contribution in [0.2, 0.25) is 0 Å². The third-order valence-electron chi connectivity index (χ3n) is 4.93. The second kappa shape index (κ2) is 16.7. The minimum atomic E-state index is -1.24. The second-order valence-corrected chi connectivity index (χ2v) is 9.44. The number of aliphatic hydroxyl groups is 1. The summed E-state index contributed by atoms with van der Waals surface area (Å²) in [5.74, 6) is -4.51. The van der Waals surface area contributed by atoms with Gasteiger partial charge in [0, 0.05) is 0 Å². The van der Waals surface area contributed by atoms with Gasteiger partial charge >= 0.3 is 5.97 Å². The molecule has 0 aromatic carbocycles. The Morgan fingerprint density at radius 2 is 1.44 bits per heavy atom. The van der Waals surface area contributed by atoms with Crippen LogP contribution in [0.3, 0.4) is 0 Å². The maximum Gasteiger partial charge on any atom is 0.322 e. The molecule has 0 saturated heterocycles. The van der Waals surface area contributed by atoms with Gasteiger partial charge in [-0.1, -0.05) is 13.8 Å². The molecule has 0 spiro atoms. The molecule has 5 amide bonds. The number of rotatable bonds is 16. The summed E-state index contributed by atoms with van der Waals surface area (Å²) >= 11 is 1.45. The Labute approximate surface area is 214 Å². The molecule has 36 heavy (non-hydrogen) atoms. The quantitative estimate of drug-likeness (QED) is 0.0993. The largest absolute Gasteiger partial charge is 0.480 e. The van der Waals surface area contributed by atoms with Crippen molar-refractivity contribution in [3.05, 3.63) is 0 Å². The molecule has 0 aromatic rings. The third kappa shape index (κ3) is 12.7. The lowest BCUT2D eigenvalue weighted by Crippen LogP contribution is -2.59. The van der Waals surface area contributed by atoms with E-state index in [1.165, 1.54) is 25.6 Å². The molecule has 5 unspecified atom stereocenters. The van der Waals surface area contributed by atoms with Crippen LogP contribution in [-0.2, 0) is 28.8 Å². The number of carboxylic acid groups (broad SMARTS) is 1. The van der Waals surface area contributed by atoms with Crippen LogP contribution in [-0.4, -0.2) is 101 Å². The molecule has 206 valence electrons. The van der Waals surface area contributed by atoms with E-state index >= 15 is 0 Å². The molecule has 5 atom stereocenters. The van der Waals surface area contributed by atoms with Crippen molar-refractivity contribution in [1.29, 1.82) is 0 Å². The average Bonchev–Trinajstić information content (AvgIpc) is 2.80. The maximum absolute atomic E-state index is 12.9. The highest BCUT2D eigenvalue weighted by Gasteiger charge is 2.31. The number of nitrogens with one attached hydrogen (secondary N) is 5. The second-order valence-electron chi connectivity index (χ2n) is 8.46. The lowest BCUT2D eigenvalue weighted by atomic mass is 10.0.